The number of carbonyl (C=O) groups excluding carboxylic acids is 1. The fourth-order valence-corrected chi connectivity index (χ4v) is 2.64. The van der Waals surface area contributed by atoms with Crippen LogP contribution in [0.1, 0.15) is 23.1 Å². The minimum absolute atomic E-state index is 0.147. The summed E-state index contributed by atoms with van der Waals surface area (Å²) >= 11 is 0. The lowest BCUT2D eigenvalue weighted by molar-refractivity contribution is 0.0947. The minimum Gasteiger partial charge on any atom is -0.370 e. The van der Waals surface area contributed by atoms with E-state index in [9.17, 15) is 4.79 Å². The number of nitrogens with zero attached hydrogens (tertiary/aromatic N) is 3. The normalized spacial score (nSPS) is 12.1. The van der Waals surface area contributed by atoms with E-state index in [1.807, 2.05) is 54.8 Å². The molecule has 3 aromatic rings. The van der Waals surface area contributed by atoms with Crippen molar-refractivity contribution in [2.45, 2.75) is 19.9 Å². The third-order valence-electron chi connectivity index (χ3n) is 4.31. The Hall–Kier alpha value is -2.82. The number of hydrogen-bond donors (Lipinski definition) is 1. The summed E-state index contributed by atoms with van der Waals surface area (Å²) in [7, 11) is 2.03. The van der Waals surface area contributed by atoms with Gasteiger partial charge in [-0.1, -0.05) is 24.3 Å². The Labute approximate surface area is 141 Å². The summed E-state index contributed by atoms with van der Waals surface area (Å²) in [6.07, 6.45) is 1.78. The van der Waals surface area contributed by atoms with Gasteiger partial charge in [-0.05, 0) is 38.1 Å². The second kappa shape index (κ2) is 6.74. The number of hydrogen-bond acceptors (Lipinski definition) is 3. The van der Waals surface area contributed by atoms with E-state index in [4.69, 9.17) is 0 Å². The summed E-state index contributed by atoms with van der Waals surface area (Å²) in [5, 5.41) is 2.97. The maximum atomic E-state index is 12.4. The van der Waals surface area contributed by atoms with Gasteiger partial charge in [-0.2, -0.15) is 0 Å². The van der Waals surface area contributed by atoms with Crippen LogP contribution in [0.2, 0.25) is 0 Å². The van der Waals surface area contributed by atoms with Gasteiger partial charge in [0.1, 0.15) is 11.3 Å². The number of amides is 1. The van der Waals surface area contributed by atoms with Crippen molar-refractivity contribution >= 4 is 17.2 Å². The first kappa shape index (κ1) is 16.1. The third-order valence-corrected chi connectivity index (χ3v) is 4.31. The van der Waals surface area contributed by atoms with Crippen LogP contribution in [0.3, 0.4) is 0 Å². The van der Waals surface area contributed by atoms with Gasteiger partial charge < -0.3 is 14.6 Å². The van der Waals surface area contributed by atoms with E-state index < -0.39 is 0 Å². The predicted octanol–water partition coefficient (Wildman–Crippen LogP) is 2.90. The zero-order valence-electron chi connectivity index (χ0n) is 14.2. The number of nitrogens with one attached hydrogen (secondary N) is 1. The second-order valence-electron chi connectivity index (χ2n) is 6.03. The van der Waals surface area contributed by atoms with Crippen LogP contribution in [0, 0.1) is 6.92 Å². The molecule has 0 aliphatic carbocycles. The average molecular weight is 322 g/mol. The monoisotopic (exact) mass is 322 g/mol. The fourth-order valence-electron chi connectivity index (χ4n) is 2.64. The van der Waals surface area contributed by atoms with E-state index in [0.717, 1.165) is 17.0 Å². The first-order chi connectivity index (χ1) is 11.6. The van der Waals surface area contributed by atoms with E-state index >= 15 is 0 Å². The zero-order valence-corrected chi connectivity index (χ0v) is 14.2. The Morgan fingerprint density at radius 3 is 2.67 bits per heavy atom. The predicted molar refractivity (Wildman–Crippen MR) is 96.6 cm³/mol. The molecule has 0 spiro atoms. The number of benzene rings is 1. The number of likely N-dealkylation sites (N-methyl/N-ethyl adjacent to an activating group) is 1. The molecule has 1 atom stereocenters. The van der Waals surface area contributed by atoms with Gasteiger partial charge in [-0.15, -0.1) is 0 Å². The number of carbonyl (C=O) groups is 1. The van der Waals surface area contributed by atoms with Crippen LogP contribution in [0.25, 0.3) is 5.65 Å². The molecule has 0 fully saturated rings. The van der Waals surface area contributed by atoms with Gasteiger partial charge in [0.2, 0.25) is 0 Å². The summed E-state index contributed by atoms with van der Waals surface area (Å²) in [4.78, 5) is 18.9. The average Bonchev–Trinajstić information content (AvgIpc) is 3.05. The molecule has 1 N–H and O–H groups in total. The second-order valence-corrected chi connectivity index (χ2v) is 6.03. The molecule has 2 heterocycles. The van der Waals surface area contributed by atoms with Gasteiger partial charge in [-0.3, -0.25) is 4.79 Å². The minimum atomic E-state index is -0.147. The number of rotatable bonds is 5. The fraction of sp³-hybridized carbons (Fsp3) is 0.263. The van der Waals surface area contributed by atoms with Crippen molar-refractivity contribution in [3.63, 3.8) is 0 Å². The van der Waals surface area contributed by atoms with Crippen LogP contribution in [-0.2, 0) is 0 Å². The van der Waals surface area contributed by atoms with Gasteiger partial charge in [0, 0.05) is 37.2 Å². The maximum Gasteiger partial charge on any atom is 0.271 e. The van der Waals surface area contributed by atoms with Gasteiger partial charge in [0.25, 0.3) is 5.91 Å². The van der Waals surface area contributed by atoms with Crippen molar-refractivity contribution in [1.29, 1.82) is 0 Å². The third kappa shape index (κ3) is 3.25. The number of para-hydroxylation sites is 1. The lowest BCUT2D eigenvalue weighted by atomic mass is 10.2. The number of anilines is 1. The van der Waals surface area contributed by atoms with Gasteiger partial charge >= 0.3 is 0 Å². The Balaban J connectivity index is 1.65. The first-order valence-electron chi connectivity index (χ1n) is 8.07. The molecule has 3 rings (SSSR count). The molecule has 0 aliphatic heterocycles. The van der Waals surface area contributed by atoms with Crippen molar-refractivity contribution in [3.05, 3.63) is 66.1 Å². The Bertz CT molecular complexity index is 841. The van der Waals surface area contributed by atoms with E-state index in [1.54, 1.807) is 6.20 Å². The quantitative estimate of drug-likeness (QED) is 0.786. The lowest BCUT2D eigenvalue weighted by Crippen LogP contribution is -2.40. The highest BCUT2D eigenvalue weighted by atomic mass is 16.1. The molecule has 5 heteroatoms. The molecule has 0 unspecified atom stereocenters. The summed E-state index contributed by atoms with van der Waals surface area (Å²) in [5.74, 6) is -0.147. The Morgan fingerprint density at radius 1 is 1.21 bits per heavy atom. The van der Waals surface area contributed by atoms with E-state index in [0.29, 0.717) is 12.2 Å². The molecule has 5 nitrogen and oxygen atoms in total. The van der Waals surface area contributed by atoms with Crippen LogP contribution >= 0.6 is 0 Å². The summed E-state index contributed by atoms with van der Waals surface area (Å²) in [5.41, 5.74) is 3.41. The molecule has 1 aromatic carbocycles. The molecular weight excluding hydrogens is 300 g/mol. The van der Waals surface area contributed by atoms with Crippen LogP contribution in [-0.4, -0.2) is 34.9 Å². The van der Waals surface area contributed by atoms with Crippen molar-refractivity contribution in [1.82, 2.24) is 14.7 Å². The standard InChI is InChI=1S/C19H22N4O/c1-14-8-7-11-18-21-17(13-23(14)18)19(24)20-12-15(2)22(3)16-9-5-4-6-10-16/h4-11,13,15H,12H2,1-3H3,(H,20,24)/t15-/m1/s1. The van der Waals surface area contributed by atoms with Crippen molar-refractivity contribution in [3.8, 4) is 0 Å². The molecule has 24 heavy (non-hydrogen) atoms. The maximum absolute atomic E-state index is 12.4. The van der Waals surface area contributed by atoms with Crippen molar-refractivity contribution < 1.29 is 4.79 Å². The van der Waals surface area contributed by atoms with E-state index in [-0.39, 0.29) is 11.9 Å². The van der Waals surface area contributed by atoms with Crippen molar-refractivity contribution in [2.24, 2.45) is 0 Å². The van der Waals surface area contributed by atoms with E-state index in [2.05, 4.69) is 34.3 Å². The number of pyridine rings is 1. The number of fused-ring (bicyclic) bond motifs is 1. The SMILES string of the molecule is Cc1cccc2nc(C(=O)NC[C@@H](C)N(C)c3ccccc3)cn12. The van der Waals surface area contributed by atoms with Crippen LogP contribution < -0.4 is 10.2 Å². The highest BCUT2D eigenvalue weighted by Crippen LogP contribution is 2.14. The van der Waals surface area contributed by atoms with Crippen LogP contribution in [0.5, 0.6) is 0 Å². The molecule has 0 aliphatic rings. The largest absolute Gasteiger partial charge is 0.370 e. The number of imidazole rings is 1. The summed E-state index contributed by atoms with van der Waals surface area (Å²) < 4.78 is 1.93. The summed E-state index contributed by atoms with van der Waals surface area (Å²) in [6, 6.07) is 16.1. The highest BCUT2D eigenvalue weighted by molar-refractivity contribution is 5.92. The van der Waals surface area contributed by atoms with Gasteiger partial charge in [-0.25, -0.2) is 4.98 Å². The van der Waals surface area contributed by atoms with Crippen LogP contribution in [0.15, 0.2) is 54.7 Å². The molecule has 0 saturated carbocycles. The molecular formula is C19H22N4O. The molecule has 1 amide bonds. The van der Waals surface area contributed by atoms with Gasteiger partial charge in [0.15, 0.2) is 0 Å². The van der Waals surface area contributed by atoms with Gasteiger partial charge in [0.05, 0.1) is 0 Å². The summed E-state index contributed by atoms with van der Waals surface area (Å²) in [6.45, 7) is 4.63. The van der Waals surface area contributed by atoms with Crippen LogP contribution in [0.4, 0.5) is 5.69 Å². The number of aromatic nitrogens is 2. The molecule has 124 valence electrons. The molecule has 0 radical (unpaired) electrons. The Morgan fingerprint density at radius 2 is 1.96 bits per heavy atom. The number of aryl methyl sites for hydroxylation is 1. The smallest absolute Gasteiger partial charge is 0.271 e. The molecule has 0 bridgehead atoms. The molecule has 0 saturated heterocycles. The molecule has 2 aromatic heterocycles. The highest BCUT2D eigenvalue weighted by Gasteiger charge is 2.14. The van der Waals surface area contributed by atoms with E-state index in [1.165, 1.54) is 0 Å². The topological polar surface area (TPSA) is 49.6 Å². The zero-order chi connectivity index (χ0) is 17.1. The van der Waals surface area contributed by atoms with Crippen molar-refractivity contribution in [2.75, 3.05) is 18.5 Å². The Kier molecular flexibility index (Phi) is 4.51. The lowest BCUT2D eigenvalue weighted by Gasteiger charge is -2.27. The first-order valence-corrected chi connectivity index (χ1v) is 8.07.